The molecule has 0 bridgehead atoms. The molecule has 0 saturated carbocycles. The molecule has 2 aromatic carbocycles. The lowest BCUT2D eigenvalue weighted by atomic mass is 10.2. The lowest BCUT2D eigenvalue weighted by molar-refractivity contribution is 0.584. The molecule has 0 aliphatic heterocycles. The van der Waals surface area contributed by atoms with Gasteiger partial charge in [0.15, 0.2) is 0 Å². The highest BCUT2D eigenvalue weighted by Gasteiger charge is 2.13. The van der Waals surface area contributed by atoms with Crippen molar-refractivity contribution in [3.05, 3.63) is 82.7 Å². The average Bonchev–Trinajstić information content (AvgIpc) is 2.90. The number of rotatable bonds is 6. The predicted octanol–water partition coefficient (Wildman–Crippen LogP) is 3.17. The molecule has 0 unspecified atom stereocenters. The Morgan fingerprint density at radius 2 is 1.70 bits per heavy atom. The van der Waals surface area contributed by atoms with Crippen molar-refractivity contribution < 1.29 is 8.42 Å². The molecule has 0 saturated heterocycles. The van der Waals surface area contributed by atoms with Crippen LogP contribution >= 0.6 is 0 Å². The van der Waals surface area contributed by atoms with Crippen molar-refractivity contribution in [2.24, 2.45) is 5.10 Å². The molecule has 0 aliphatic rings. The Morgan fingerprint density at radius 3 is 2.37 bits per heavy atom. The fourth-order valence-corrected chi connectivity index (χ4v) is 3.53. The van der Waals surface area contributed by atoms with Gasteiger partial charge in [-0.05, 0) is 38.5 Å². The number of benzene rings is 2. The molecular weight excluding hydrogens is 360 g/mol. The molecule has 3 aromatic rings. The predicted molar refractivity (Wildman–Crippen MR) is 106 cm³/mol. The molecule has 27 heavy (non-hydrogen) atoms. The zero-order valence-electron chi connectivity index (χ0n) is 15.5. The average molecular weight is 382 g/mol. The van der Waals surface area contributed by atoms with E-state index in [1.54, 1.807) is 24.3 Å². The van der Waals surface area contributed by atoms with E-state index >= 15 is 0 Å². The zero-order chi connectivity index (χ0) is 19.4. The maximum absolute atomic E-state index is 12.3. The number of aryl methyl sites for hydroxylation is 2. The molecule has 1 heterocycles. The number of hydrogen-bond donors (Lipinski definition) is 1. The van der Waals surface area contributed by atoms with E-state index < -0.39 is 10.0 Å². The first-order valence-electron chi connectivity index (χ1n) is 8.56. The topological polar surface area (TPSA) is 76.3 Å². The van der Waals surface area contributed by atoms with Crippen molar-refractivity contribution >= 4 is 16.2 Å². The van der Waals surface area contributed by atoms with E-state index in [2.05, 4.69) is 15.0 Å². The van der Waals surface area contributed by atoms with E-state index in [0.29, 0.717) is 6.54 Å². The van der Waals surface area contributed by atoms with Crippen molar-refractivity contribution in [2.75, 3.05) is 0 Å². The van der Waals surface area contributed by atoms with Crippen LogP contribution < -0.4 is 4.83 Å². The Kier molecular flexibility index (Phi) is 5.41. The third-order valence-corrected chi connectivity index (χ3v) is 5.55. The van der Waals surface area contributed by atoms with E-state index in [1.165, 1.54) is 6.21 Å². The van der Waals surface area contributed by atoms with E-state index in [1.807, 2.05) is 55.8 Å². The van der Waals surface area contributed by atoms with Crippen LogP contribution in [0.3, 0.4) is 0 Å². The minimum Gasteiger partial charge on any atom is -0.265 e. The summed E-state index contributed by atoms with van der Waals surface area (Å²) >= 11 is 0. The number of nitrogens with one attached hydrogen (secondary N) is 1. The Labute approximate surface area is 159 Å². The van der Waals surface area contributed by atoms with Crippen LogP contribution in [0.5, 0.6) is 0 Å². The van der Waals surface area contributed by atoms with Gasteiger partial charge in [0.2, 0.25) is 0 Å². The SMILES string of the molecule is Cc1ccc(S(=O)(=O)N/N=C/c2c(C)nn(Cc3ccccc3)c2C)cc1. The second-order valence-corrected chi connectivity index (χ2v) is 8.05. The van der Waals surface area contributed by atoms with Crippen LogP contribution in [0.4, 0.5) is 0 Å². The molecule has 0 spiro atoms. The Morgan fingerprint density at radius 1 is 1.04 bits per heavy atom. The zero-order valence-corrected chi connectivity index (χ0v) is 16.4. The summed E-state index contributed by atoms with van der Waals surface area (Å²) in [7, 11) is -3.69. The standard InChI is InChI=1S/C20H22N4O2S/c1-15-9-11-19(12-10-15)27(25,26)23-21-13-20-16(2)22-24(17(20)3)14-18-7-5-4-6-8-18/h4-13,23H,14H2,1-3H3/b21-13+. The third kappa shape index (κ3) is 4.43. The summed E-state index contributed by atoms with van der Waals surface area (Å²) in [5, 5.41) is 8.47. The Balaban J connectivity index is 1.76. The number of hydrazone groups is 1. The smallest absolute Gasteiger partial charge is 0.265 e. The number of aromatic nitrogens is 2. The van der Waals surface area contributed by atoms with E-state index in [0.717, 1.165) is 28.1 Å². The monoisotopic (exact) mass is 382 g/mol. The molecule has 0 atom stereocenters. The van der Waals surface area contributed by atoms with Gasteiger partial charge in [-0.15, -0.1) is 0 Å². The van der Waals surface area contributed by atoms with Gasteiger partial charge in [0, 0.05) is 11.3 Å². The van der Waals surface area contributed by atoms with Crippen molar-refractivity contribution in [3.63, 3.8) is 0 Å². The van der Waals surface area contributed by atoms with Crippen molar-refractivity contribution in [2.45, 2.75) is 32.2 Å². The summed E-state index contributed by atoms with van der Waals surface area (Å²) in [6.07, 6.45) is 1.50. The van der Waals surface area contributed by atoms with Crippen LogP contribution in [0, 0.1) is 20.8 Å². The van der Waals surface area contributed by atoms with Gasteiger partial charge in [-0.1, -0.05) is 48.0 Å². The highest BCUT2D eigenvalue weighted by atomic mass is 32.2. The van der Waals surface area contributed by atoms with E-state index in [9.17, 15) is 8.42 Å². The first kappa shape index (κ1) is 18.8. The highest BCUT2D eigenvalue weighted by Crippen LogP contribution is 2.13. The fourth-order valence-electron chi connectivity index (χ4n) is 2.74. The first-order valence-corrected chi connectivity index (χ1v) is 10.0. The quantitative estimate of drug-likeness (QED) is 0.525. The summed E-state index contributed by atoms with van der Waals surface area (Å²) in [6, 6.07) is 16.7. The Bertz CT molecular complexity index is 1050. The summed E-state index contributed by atoms with van der Waals surface area (Å²) in [4.78, 5) is 2.44. The van der Waals surface area contributed by atoms with Crippen molar-refractivity contribution in [3.8, 4) is 0 Å². The molecule has 1 aromatic heterocycles. The molecule has 0 radical (unpaired) electrons. The van der Waals surface area contributed by atoms with Gasteiger partial charge in [-0.3, -0.25) is 4.68 Å². The highest BCUT2D eigenvalue weighted by molar-refractivity contribution is 7.89. The normalized spacial score (nSPS) is 11.8. The van der Waals surface area contributed by atoms with Gasteiger partial charge in [0.05, 0.1) is 23.3 Å². The Hall–Kier alpha value is -2.93. The fraction of sp³-hybridized carbons (Fsp3) is 0.200. The minimum atomic E-state index is -3.69. The molecular formula is C20H22N4O2S. The molecule has 0 aliphatic carbocycles. The first-order chi connectivity index (χ1) is 12.9. The van der Waals surface area contributed by atoms with Crippen LogP contribution in [-0.4, -0.2) is 24.4 Å². The molecule has 0 amide bonds. The summed E-state index contributed by atoms with van der Waals surface area (Å²) < 4.78 is 26.5. The van der Waals surface area contributed by atoms with Gasteiger partial charge in [-0.25, -0.2) is 4.83 Å². The molecule has 7 heteroatoms. The maximum Gasteiger partial charge on any atom is 0.276 e. The summed E-state index contributed by atoms with van der Waals surface area (Å²) in [6.45, 7) is 6.38. The minimum absolute atomic E-state index is 0.179. The molecule has 1 N–H and O–H groups in total. The third-order valence-electron chi connectivity index (χ3n) is 4.31. The molecule has 3 rings (SSSR count). The molecule has 6 nitrogen and oxygen atoms in total. The van der Waals surface area contributed by atoms with Gasteiger partial charge in [-0.2, -0.15) is 18.6 Å². The van der Waals surface area contributed by atoms with Crippen LogP contribution in [0.1, 0.15) is 28.1 Å². The van der Waals surface area contributed by atoms with Crippen LogP contribution in [0.2, 0.25) is 0 Å². The lowest BCUT2D eigenvalue weighted by Gasteiger charge is -2.05. The van der Waals surface area contributed by atoms with Crippen LogP contribution in [0.25, 0.3) is 0 Å². The van der Waals surface area contributed by atoms with Crippen molar-refractivity contribution in [1.29, 1.82) is 0 Å². The summed E-state index contributed by atoms with van der Waals surface area (Å²) in [5.41, 5.74) is 4.66. The van der Waals surface area contributed by atoms with Gasteiger partial charge < -0.3 is 0 Å². The maximum atomic E-state index is 12.3. The number of sulfonamides is 1. The lowest BCUT2D eigenvalue weighted by Crippen LogP contribution is -2.18. The second kappa shape index (κ2) is 7.75. The van der Waals surface area contributed by atoms with E-state index in [4.69, 9.17) is 0 Å². The molecule has 0 fully saturated rings. The van der Waals surface area contributed by atoms with Gasteiger partial charge >= 0.3 is 0 Å². The van der Waals surface area contributed by atoms with E-state index in [-0.39, 0.29) is 4.90 Å². The largest absolute Gasteiger partial charge is 0.276 e. The molecule has 140 valence electrons. The summed E-state index contributed by atoms with van der Waals surface area (Å²) in [5.74, 6) is 0. The van der Waals surface area contributed by atoms with Crippen molar-refractivity contribution in [1.82, 2.24) is 14.6 Å². The van der Waals surface area contributed by atoms with Gasteiger partial charge in [0.1, 0.15) is 0 Å². The van der Waals surface area contributed by atoms with Crippen LogP contribution in [-0.2, 0) is 16.6 Å². The number of nitrogens with zero attached hydrogens (tertiary/aromatic N) is 3. The number of hydrogen-bond acceptors (Lipinski definition) is 4. The van der Waals surface area contributed by atoms with Crippen LogP contribution in [0.15, 0.2) is 64.6 Å². The van der Waals surface area contributed by atoms with Gasteiger partial charge in [0.25, 0.3) is 10.0 Å². The second-order valence-electron chi connectivity index (χ2n) is 6.39.